The molecule has 3 nitrogen and oxygen atoms in total. The van der Waals surface area contributed by atoms with Crippen LogP contribution in [0.1, 0.15) is 11.5 Å². The minimum atomic E-state index is 0.413. The Hall–Kier alpha value is -1.06. The smallest absolute Gasteiger partial charge is 0.122 e. The molecule has 70 valence electrons. The van der Waals surface area contributed by atoms with E-state index in [1.54, 1.807) is 7.11 Å². The van der Waals surface area contributed by atoms with Crippen LogP contribution in [0.2, 0.25) is 0 Å². The van der Waals surface area contributed by atoms with Crippen LogP contribution in [0.3, 0.4) is 0 Å². The lowest BCUT2D eigenvalue weighted by atomic mass is 10.0. The Balaban J connectivity index is 2.09. The lowest BCUT2D eigenvalue weighted by molar-refractivity contribution is 0.0849. The van der Waals surface area contributed by atoms with E-state index < -0.39 is 0 Å². The maximum absolute atomic E-state index is 5.51. The van der Waals surface area contributed by atoms with E-state index in [4.69, 9.17) is 9.57 Å². The molecule has 0 bridgehead atoms. The highest BCUT2D eigenvalue weighted by Crippen LogP contribution is 2.32. The Morgan fingerprint density at radius 3 is 3.23 bits per heavy atom. The van der Waals surface area contributed by atoms with Gasteiger partial charge in [0.1, 0.15) is 5.75 Å². The molecule has 1 aromatic rings. The summed E-state index contributed by atoms with van der Waals surface area (Å²) in [5.41, 5.74) is 4.12. The Bertz CT molecular complexity index is 288. The third kappa shape index (κ3) is 1.66. The number of ether oxygens (including phenoxy) is 1. The summed E-state index contributed by atoms with van der Waals surface area (Å²) in [6.07, 6.45) is 0. The molecular formula is C10H13NO2. The highest BCUT2D eigenvalue weighted by Gasteiger charge is 2.22. The molecule has 1 atom stereocenters. The number of nitrogens with one attached hydrogen (secondary N) is 1. The van der Waals surface area contributed by atoms with Gasteiger partial charge in [-0.1, -0.05) is 18.2 Å². The van der Waals surface area contributed by atoms with E-state index in [1.165, 1.54) is 5.56 Å². The molecule has 3 heteroatoms. The maximum Gasteiger partial charge on any atom is 0.122 e. The number of fused-ring (bicyclic) bond motifs is 1. The Kier molecular flexibility index (Phi) is 2.47. The molecule has 1 aliphatic heterocycles. The van der Waals surface area contributed by atoms with Crippen LogP contribution >= 0.6 is 0 Å². The van der Waals surface area contributed by atoms with Gasteiger partial charge < -0.3 is 9.57 Å². The fourth-order valence-electron chi connectivity index (χ4n) is 1.58. The molecule has 1 aliphatic rings. The summed E-state index contributed by atoms with van der Waals surface area (Å²) in [5, 5.41) is 0. The normalized spacial score (nSPS) is 19.6. The van der Waals surface area contributed by atoms with Gasteiger partial charge in [0.05, 0.1) is 13.7 Å². The lowest BCUT2D eigenvalue weighted by Crippen LogP contribution is -2.21. The summed E-state index contributed by atoms with van der Waals surface area (Å²) in [6, 6.07) is 8.13. The largest absolute Gasteiger partial charge is 0.493 e. The maximum atomic E-state index is 5.51. The van der Waals surface area contributed by atoms with Crippen molar-refractivity contribution in [2.24, 2.45) is 0 Å². The van der Waals surface area contributed by atoms with Gasteiger partial charge in [-0.3, -0.25) is 0 Å². The van der Waals surface area contributed by atoms with E-state index in [9.17, 15) is 0 Å². The minimum absolute atomic E-state index is 0.413. The molecule has 1 heterocycles. The fourth-order valence-corrected chi connectivity index (χ4v) is 1.58. The standard InChI is InChI=1S/C10H13NO2/c1-12-11-6-8-7-13-10-5-3-2-4-9(8)10/h2-5,8,11H,6-7H2,1H3/t8-/m0/s1. The van der Waals surface area contributed by atoms with Crippen LogP contribution in [0.4, 0.5) is 0 Å². The van der Waals surface area contributed by atoms with Crippen molar-refractivity contribution in [1.29, 1.82) is 0 Å². The van der Waals surface area contributed by atoms with Crippen LogP contribution in [-0.2, 0) is 4.84 Å². The van der Waals surface area contributed by atoms with Crippen LogP contribution in [0, 0.1) is 0 Å². The van der Waals surface area contributed by atoms with Crippen molar-refractivity contribution in [2.75, 3.05) is 20.3 Å². The Labute approximate surface area is 77.6 Å². The van der Waals surface area contributed by atoms with Crippen molar-refractivity contribution in [2.45, 2.75) is 5.92 Å². The molecule has 0 aliphatic carbocycles. The van der Waals surface area contributed by atoms with E-state index in [-0.39, 0.29) is 0 Å². The van der Waals surface area contributed by atoms with Gasteiger partial charge in [0.2, 0.25) is 0 Å². The molecule has 0 spiro atoms. The summed E-state index contributed by atoms with van der Waals surface area (Å²) < 4.78 is 5.51. The predicted octanol–water partition coefficient (Wildman–Crippen LogP) is 1.31. The zero-order valence-corrected chi connectivity index (χ0v) is 7.62. The Morgan fingerprint density at radius 1 is 1.54 bits per heavy atom. The topological polar surface area (TPSA) is 30.5 Å². The van der Waals surface area contributed by atoms with Crippen LogP contribution in [0.5, 0.6) is 5.75 Å². The minimum Gasteiger partial charge on any atom is -0.493 e. The first-order valence-electron chi connectivity index (χ1n) is 4.39. The molecule has 13 heavy (non-hydrogen) atoms. The van der Waals surface area contributed by atoms with Gasteiger partial charge in [-0.25, -0.2) is 5.48 Å². The highest BCUT2D eigenvalue weighted by molar-refractivity contribution is 5.39. The second-order valence-corrected chi connectivity index (χ2v) is 3.10. The molecule has 0 radical (unpaired) electrons. The molecule has 0 amide bonds. The number of hydrogen-bond donors (Lipinski definition) is 1. The van der Waals surface area contributed by atoms with Gasteiger partial charge in [0.25, 0.3) is 0 Å². The second kappa shape index (κ2) is 3.77. The summed E-state index contributed by atoms with van der Waals surface area (Å²) in [6.45, 7) is 1.54. The van der Waals surface area contributed by atoms with E-state index in [2.05, 4.69) is 11.5 Å². The summed E-state index contributed by atoms with van der Waals surface area (Å²) in [5.74, 6) is 1.42. The predicted molar refractivity (Wildman–Crippen MR) is 49.7 cm³/mol. The van der Waals surface area contributed by atoms with Gasteiger partial charge >= 0.3 is 0 Å². The number of hydrogen-bond acceptors (Lipinski definition) is 3. The van der Waals surface area contributed by atoms with Gasteiger partial charge in [-0.15, -0.1) is 0 Å². The van der Waals surface area contributed by atoms with Gasteiger partial charge in [-0.05, 0) is 6.07 Å². The van der Waals surface area contributed by atoms with Crippen LogP contribution in [-0.4, -0.2) is 20.3 Å². The van der Waals surface area contributed by atoms with Gasteiger partial charge in [0.15, 0.2) is 0 Å². The molecule has 1 aromatic carbocycles. The van der Waals surface area contributed by atoms with Crippen molar-refractivity contribution < 1.29 is 9.57 Å². The first kappa shape index (κ1) is 8.53. The molecule has 0 saturated carbocycles. The molecule has 2 rings (SSSR count). The zero-order valence-electron chi connectivity index (χ0n) is 7.62. The van der Waals surface area contributed by atoms with Crippen molar-refractivity contribution >= 4 is 0 Å². The second-order valence-electron chi connectivity index (χ2n) is 3.10. The average molecular weight is 179 g/mol. The van der Waals surface area contributed by atoms with Crippen molar-refractivity contribution in [3.8, 4) is 5.75 Å². The van der Waals surface area contributed by atoms with E-state index >= 15 is 0 Å². The molecule has 0 unspecified atom stereocenters. The quantitative estimate of drug-likeness (QED) is 0.710. The van der Waals surface area contributed by atoms with E-state index in [0.29, 0.717) is 5.92 Å². The zero-order chi connectivity index (χ0) is 9.10. The monoisotopic (exact) mass is 179 g/mol. The highest BCUT2D eigenvalue weighted by atomic mass is 16.6. The molecule has 0 saturated heterocycles. The summed E-state index contributed by atoms with van der Waals surface area (Å²) >= 11 is 0. The number of hydroxylamine groups is 1. The lowest BCUT2D eigenvalue weighted by Gasteiger charge is -2.07. The van der Waals surface area contributed by atoms with Gasteiger partial charge in [0, 0.05) is 18.0 Å². The SMILES string of the molecule is CONC[C@H]1COc2ccccc21. The van der Waals surface area contributed by atoms with Gasteiger partial charge in [-0.2, -0.15) is 0 Å². The third-order valence-corrected chi connectivity index (χ3v) is 2.27. The van der Waals surface area contributed by atoms with Crippen LogP contribution in [0.15, 0.2) is 24.3 Å². The molecule has 1 N–H and O–H groups in total. The number of benzene rings is 1. The van der Waals surface area contributed by atoms with Crippen molar-refractivity contribution in [1.82, 2.24) is 5.48 Å². The summed E-state index contributed by atoms with van der Waals surface area (Å²) in [7, 11) is 1.63. The average Bonchev–Trinajstić information content (AvgIpc) is 2.58. The first-order valence-corrected chi connectivity index (χ1v) is 4.39. The van der Waals surface area contributed by atoms with E-state index in [0.717, 1.165) is 18.9 Å². The molecule has 0 fully saturated rings. The van der Waals surface area contributed by atoms with E-state index in [1.807, 2.05) is 18.2 Å². The number of para-hydroxylation sites is 1. The fraction of sp³-hybridized carbons (Fsp3) is 0.400. The van der Waals surface area contributed by atoms with Crippen LogP contribution < -0.4 is 10.2 Å². The van der Waals surface area contributed by atoms with Crippen LogP contribution in [0.25, 0.3) is 0 Å². The third-order valence-electron chi connectivity index (χ3n) is 2.27. The molecule has 0 aromatic heterocycles. The Morgan fingerprint density at radius 2 is 2.38 bits per heavy atom. The first-order chi connectivity index (χ1) is 6.42. The summed E-state index contributed by atoms with van der Waals surface area (Å²) in [4.78, 5) is 4.81. The molecular weight excluding hydrogens is 166 g/mol. The van der Waals surface area contributed by atoms with Crippen molar-refractivity contribution in [3.05, 3.63) is 29.8 Å². The number of rotatable bonds is 3. The van der Waals surface area contributed by atoms with Crippen molar-refractivity contribution in [3.63, 3.8) is 0 Å².